The molecule has 2 aromatic carbocycles. The summed E-state index contributed by atoms with van der Waals surface area (Å²) in [7, 11) is 0. The first-order chi connectivity index (χ1) is 12.1. The lowest BCUT2D eigenvalue weighted by atomic mass is 9.86. The van der Waals surface area contributed by atoms with Gasteiger partial charge in [0.2, 0.25) is 0 Å². The summed E-state index contributed by atoms with van der Waals surface area (Å²) in [6.45, 7) is 0. The predicted octanol–water partition coefficient (Wildman–Crippen LogP) is 5.57. The van der Waals surface area contributed by atoms with Gasteiger partial charge in [0, 0.05) is 9.86 Å². The summed E-state index contributed by atoms with van der Waals surface area (Å²) in [4.78, 5) is 16.7. The van der Waals surface area contributed by atoms with Gasteiger partial charge < -0.3 is 5.11 Å². The van der Waals surface area contributed by atoms with Gasteiger partial charge in [-0.2, -0.15) is 0 Å². The Hall–Kier alpha value is -2.46. The van der Waals surface area contributed by atoms with Gasteiger partial charge in [-0.15, -0.1) is 0 Å². The molecule has 4 rings (SSSR count). The first kappa shape index (κ1) is 16.0. The molecule has 3 nitrogen and oxygen atoms in total. The van der Waals surface area contributed by atoms with Crippen molar-refractivity contribution in [3.8, 4) is 0 Å². The number of aromatic nitrogens is 1. The largest absolute Gasteiger partial charge is 0.478 e. The van der Waals surface area contributed by atoms with Crippen molar-refractivity contribution in [1.29, 1.82) is 0 Å². The molecule has 0 aliphatic heterocycles. The number of benzene rings is 2. The summed E-state index contributed by atoms with van der Waals surface area (Å²) in [5.74, 6) is -0.875. The maximum absolute atomic E-state index is 11.9. The summed E-state index contributed by atoms with van der Waals surface area (Å²) in [6, 6.07) is 15.6. The minimum Gasteiger partial charge on any atom is -0.478 e. The lowest BCUT2D eigenvalue weighted by Gasteiger charge is -2.21. The molecule has 0 unspecified atom stereocenters. The molecule has 0 atom stereocenters. The number of hydrogen-bond donors (Lipinski definition) is 1. The first-order valence-electron chi connectivity index (χ1n) is 8.25. The normalized spacial score (nSPS) is 15.3. The van der Waals surface area contributed by atoms with Gasteiger partial charge in [-0.3, -0.25) is 0 Å². The molecule has 0 radical (unpaired) electrons. The van der Waals surface area contributed by atoms with Crippen LogP contribution >= 0.6 is 15.9 Å². The third-order valence-corrected chi connectivity index (χ3v) is 5.12. The van der Waals surface area contributed by atoms with E-state index in [0.717, 1.165) is 57.0 Å². The third kappa shape index (κ3) is 2.98. The van der Waals surface area contributed by atoms with Gasteiger partial charge in [0.1, 0.15) is 0 Å². The van der Waals surface area contributed by atoms with E-state index in [1.165, 1.54) is 0 Å². The van der Waals surface area contributed by atoms with Crippen LogP contribution in [0.5, 0.6) is 0 Å². The fourth-order valence-electron chi connectivity index (χ4n) is 3.48. The Balaban J connectivity index is 1.95. The zero-order valence-electron chi connectivity index (χ0n) is 13.5. The number of hydrogen-bond acceptors (Lipinski definition) is 2. The van der Waals surface area contributed by atoms with E-state index in [1.807, 2.05) is 48.5 Å². The number of allylic oxidation sites excluding steroid dienone is 1. The highest BCUT2D eigenvalue weighted by molar-refractivity contribution is 9.10. The van der Waals surface area contributed by atoms with Gasteiger partial charge in [0.25, 0.3) is 0 Å². The first-order valence-corrected chi connectivity index (χ1v) is 9.04. The molecule has 0 saturated carbocycles. The number of rotatable bonds is 2. The van der Waals surface area contributed by atoms with Crippen molar-refractivity contribution in [3.63, 3.8) is 0 Å². The van der Waals surface area contributed by atoms with Gasteiger partial charge in [-0.25, -0.2) is 9.78 Å². The molecule has 1 N–H and O–H groups in total. The summed E-state index contributed by atoms with van der Waals surface area (Å²) in [6.07, 6.45) is 4.73. The van der Waals surface area contributed by atoms with Crippen molar-refractivity contribution in [2.75, 3.05) is 0 Å². The number of carboxylic acids is 1. The molecule has 0 bridgehead atoms. The molecular weight excluding hydrogens is 378 g/mol. The number of nitrogens with zero attached hydrogens (tertiary/aromatic N) is 1. The van der Waals surface area contributed by atoms with E-state index >= 15 is 0 Å². The Morgan fingerprint density at radius 2 is 1.84 bits per heavy atom. The quantitative estimate of drug-likeness (QED) is 0.618. The van der Waals surface area contributed by atoms with E-state index in [2.05, 4.69) is 22.0 Å². The van der Waals surface area contributed by atoms with Gasteiger partial charge in [0.05, 0.1) is 16.8 Å². The van der Waals surface area contributed by atoms with Crippen LogP contribution in [0.25, 0.3) is 22.6 Å². The molecule has 1 aliphatic carbocycles. The number of aromatic carboxylic acids is 1. The van der Waals surface area contributed by atoms with Gasteiger partial charge >= 0.3 is 5.97 Å². The van der Waals surface area contributed by atoms with Crippen LogP contribution in [-0.2, 0) is 6.42 Å². The van der Waals surface area contributed by atoms with Crippen LogP contribution in [0.2, 0.25) is 0 Å². The number of fused-ring (bicyclic) bond motifs is 2. The van der Waals surface area contributed by atoms with E-state index in [4.69, 9.17) is 4.98 Å². The zero-order valence-corrected chi connectivity index (χ0v) is 15.1. The second-order valence-electron chi connectivity index (χ2n) is 6.21. The Morgan fingerprint density at radius 3 is 2.60 bits per heavy atom. The van der Waals surface area contributed by atoms with Crippen molar-refractivity contribution in [2.45, 2.75) is 19.3 Å². The SMILES string of the molecule is O=C(O)c1c2c(nc3ccccc13)/C(=C/c1ccc(Br)cc1)CCC2. The average molecular weight is 394 g/mol. The summed E-state index contributed by atoms with van der Waals surface area (Å²) >= 11 is 3.45. The molecule has 4 heteroatoms. The lowest BCUT2D eigenvalue weighted by Crippen LogP contribution is -2.13. The standard InChI is InChI=1S/C21H16BrNO2/c22-15-10-8-13(9-11-15)12-14-4-3-6-17-19(21(24)25)16-5-1-2-7-18(16)23-20(14)17/h1-2,5,7-12H,3-4,6H2,(H,24,25)/b14-12+. The van der Waals surface area contributed by atoms with Crippen LogP contribution in [-0.4, -0.2) is 16.1 Å². The summed E-state index contributed by atoms with van der Waals surface area (Å²) in [5, 5.41) is 10.5. The number of para-hydroxylation sites is 1. The second kappa shape index (κ2) is 6.45. The molecule has 1 aliphatic rings. The van der Waals surface area contributed by atoms with Crippen molar-refractivity contribution < 1.29 is 9.90 Å². The minimum atomic E-state index is -0.875. The fourth-order valence-corrected chi connectivity index (χ4v) is 3.74. The molecule has 0 amide bonds. The number of pyridine rings is 1. The van der Waals surface area contributed by atoms with E-state index in [9.17, 15) is 9.90 Å². The van der Waals surface area contributed by atoms with Crippen LogP contribution in [0.1, 0.15) is 40.0 Å². The van der Waals surface area contributed by atoms with Crippen molar-refractivity contribution >= 4 is 44.5 Å². The molecule has 3 aromatic rings. The molecular formula is C21H16BrNO2. The Bertz CT molecular complexity index is 1010. The highest BCUT2D eigenvalue weighted by atomic mass is 79.9. The highest BCUT2D eigenvalue weighted by Crippen LogP contribution is 2.36. The minimum absolute atomic E-state index is 0.405. The summed E-state index contributed by atoms with van der Waals surface area (Å²) < 4.78 is 1.04. The molecule has 0 fully saturated rings. The maximum atomic E-state index is 11.9. The van der Waals surface area contributed by atoms with Crippen molar-refractivity contribution in [2.24, 2.45) is 0 Å². The Morgan fingerprint density at radius 1 is 1.08 bits per heavy atom. The van der Waals surface area contributed by atoms with Crippen LogP contribution in [0.4, 0.5) is 0 Å². The molecule has 124 valence electrons. The Labute approximate surface area is 154 Å². The average Bonchev–Trinajstić information content (AvgIpc) is 2.62. The highest BCUT2D eigenvalue weighted by Gasteiger charge is 2.24. The zero-order chi connectivity index (χ0) is 17.4. The molecule has 0 saturated heterocycles. The van der Waals surface area contributed by atoms with E-state index in [1.54, 1.807) is 0 Å². The van der Waals surface area contributed by atoms with E-state index in [0.29, 0.717) is 5.56 Å². The Kier molecular flexibility index (Phi) is 4.14. The van der Waals surface area contributed by atoms with Crippen molar-refractivity contribution in [1.82, 2.24) is 4.98 Å². The maximum Gasteiger partial charge on any atom is 0.336 e. The monoisotopic (exact) mass is 393 g/mol. The number of carboxylic acid groups (broad SMARTS) is 1. The molecule has 25 heavy (non-hydrogen) atoms. The topological polar surface area (TPSA) is 50.2 Å². The van der Waals surface area contributed by atoms with Crippen LogP contribution < -0.4 is 0 Å². The van der Waals surface area contributed by atoms with Gasteiger partial charge in [-0.1, -0.05) is 46.3 Å². The van der Waals surface area contributed by atoms with E-state index < -0.39 is 5.97 Å². The van der Waals surface area contributed by atoms with Crippen LogP contribution in [0, 0.1) is 0 Å². The van der Waals surface area contributed by atoms with Crippen LogP contribution in [0.15, 0.2) is 53.0 Å². The smallest absolute Gasteiger partial charge is 0.336 e. The van der Waals surface area contributed by atoms with Gasteiger partial charge in [-0.05, 0) is 60.2 Å². The van der Waals surface area contributed by atoms with Crippen LogP contribution in [0.3, 0.4) is 0 Å². The van der Waals surface area contributed by atoms with E-state index in [-0.39, 0.29) is 0 Å². The molecule has 1 heterocycles. The lowest BCUT2D eigenvalue weighted by molar-refractivity contribution is 0.0697. The third-order valence-electron chi connectivity index (χ3n) is 4.60. The molecule has 1 aromatic heterocycles. The fraction of sp³-hybridized carbons (Fsp3) is 0.143. The number of carbonyl (C=O) groups is 1. The summed E-state index contributed by atoms with van der Waals surface area (Å²) in [5.41, 5.74) is 5.05. The van der Waals surface area contributed by atoms with Crippen molar-refractivity contribution in [3.05, 3.63) is 75.4 Å². The van der Waals surface area contributed by atoms with Gasteiger partial charge in [0.15, 0.2) is 0 Å². The predicted molar refractivity (Wildman–Crippen MR) is 104 cm³/mol. The number of halogens is 1. The molecule has 0 spiro atoms. The second-order valence-corrected chi connectivity index (χ2v) is 7.13.